The fourth-order valence-electron chi connectivity index (χ4n) is 1.62. The topological polar surface area (TPSA) is 49.2 Å². The second-order valence-corrected chi connectivity index (χ2v) is 3.75. The zero-order valence-electron chi connectivity index (χ0n) is 9.36. The van der Waals surface area contributed by atoms with E-state index in [4.69, 9.17) is 9.47 Å². The molecule has 5 nitrogen and oxygen atoms in total. The summed E-state index contributed by atoms with van der Waals surface area (Å²) in [6, 6.07) is 3.60. The smallest absolute Gasteiger partial charge is 0.267 e. The third-order valence-electron chi connectivity index (χ3n) is 2.53. The summed E-state index contributed by atoms with van der Waals surface area (Å²) in [5, 5.41) is 4.02. The Labute approximate surface area is 102 Å². The quantitative estimate of drug-likeness (QED) is 0.834. The van der Waals surface area contributed by atoms with E-state index in [1.807, 2.05) is 6.07 Å². The number of aromatic nitrogens is 3. The summed E-state index contributed by atoms with van der Waals surface area (Å²) in [5.41, 5.74) is 1.33. The van der Waals surface area contributed by atoms with Crippen LogP contribution in [0, 0.1) is 0 Å². The number of alkyl halides is 1. The molecule has 0 aromatic carbocycles. The fourth-order valence-corrected chi connectivity index (χ4v) is 1.62. The number of rotatable bonds is 3. The Balaban J connectivity index is 1.81. The van der Waals surface area contributed by atoms with Crippen molar-refractivity contribution in [3.8, 4) is 5.82 Å². The number of hydrogen-bond donors (Lipinski definition) is 0. The van der Waals surface area contributed by atoms with Gasteiger partial charge in [0.2, 0.25) is 0 Å². The van der Waals surface area contributed by atoms with Crippen LogP contribution in [0.4, 0.5) is 4.39 Å². The van der Waals surface area contributed by atoms with Crippen LogP contribution in [0.1, 0.15) is 17.4 Å². The predicted molar refractivity (Wildman–Crippen MR) is 60.2 cm³/mol. The van der Waals surface area contributed by atoms with E-state index in [1.54, 1.807) is 18.5 Å². The Kier molecular flexibility index (Phi) is 2.68. The minimum atomic E-state index is -0.534. The molecule has 92 valence electrons. The van der Waals surface area contributed by atoms with Gasteiger partial charge in [0, 0.05) is 18.0 Å². The van der Waals surface area contributed by atoms with Crippen LogP contribution < -0.4 is 0 Å². The van der Waals surface area contributed by atoms with E-state index in [1.165, 1.54) is 23.4 Å². The molecule has 0 radical (unpaired) electrons. The average molecular weight is 247 g/mol. The SMILES string of the molecule is FCc1cnn(-c2ccc(C3OC=CO3)cn2)c1. The molecule has 0 aliphatic carbocycles. The Bertz CT molecular complexity index is 557. The van der Waals surface area contributed by atoms with Crippen molar-refractivity contribution in [3.05, 3.63) is 54.4 Å². The molecule has 1 aliphatic rings. The molecule has 0 N–H and O–H groups in total. The molecule has 0 bridgehead atoms. The van der Waals surface area contributed by atoms with Crippen molar-refractivity contribution < 1.29 is 13.9 Å². The Morgan fingerprint density at radius 1 is 1.22 bits per heavy atom. The van der Waals surface area contributed by atoms with Crippen molar-refractivity contribution in [2.75, 3.05) is 0 Å². The lowest BCUT2D eigenvalue weighted by Gasteiger charge is -2.10. The second-order valence-electron chi connectivity index (χ2n) is 3.75. The molecule has 0 spiro atoms. The molecule has 0 amide bonds. The first-order valence-electron chi connectivity index (χ1n) is 5.38. The Morgan fingerprint density at radius 2 is 2.06 bits per heavy atom. The second kappa shape index (κ2) is 4.48. The van der Waals surface area contributed by atoms with E-state index < -0.39 is 13.0 Å². The van der Waals surface area contributed by atoms with Crippen LogP contribution >= 0.6 is 0 Å². The number of nitrogens with zero attached hydrogens (tertiary/aromatic N) is 3. The van der Waals surface area contributed by atoms with Crippen molar-refractivity contribution in [1.82, 2.24) is 14.8 Å². The van der Waals surface area contributed by atoms with E-state index in [9.17, 15) is 4.39 Å². The van der Waals surface area contributed by atoms with Gasteiger partial charge in [-0.3, -0.25) is 0 Å². The Hall–Kier alpha value is -2.37. The lowest BCUT2D eigenvalue weighted by Crippen LogP contribution is -2.02. The molecule has 2 aromatic heterocycles. The summed E-state index contributed by atoms with van der Waals surface area (Å²) < 4.78 is 24.3. The summed E-state index contributed by atoms with van der Waals surface area (Å²) in [6.45, 7) is -0.534. The van der Waals surface area contributed by atoms with Crippen LogP contribution in [0.5, 0.6) is 0 Å². The fraction of sp³-hybridized carbons (Fsp3) is 0.167. The van der Waals surface area contributed by atoms with E-state index in [0.29, 0.717) is 11.4 Å². The molecular weight excluding hydrogens is 237 g/mol. The zero-order chi connectivity index (χ0) is 12.4. The van der Waals surface area contributed by atoms with Gasteiger partial charge >= 0.3 is 0 Å². The van der Waals surface area contributed by atoms with Crippen LogP contribution in [0.25, 0.3) is 5.82 Å². The molecule has 2 aromatic rings. The number of hydrogen-bond acceptors (Lipinski definition) is 4. The number of halogens is 1. The van der Waals surface area contributed by atoms with Gasteiger partial charge < -0.3 is 9.47 Å². The molecule has 1 aliphatic heterocycles. The highest BCUT2D eigenvalue weighted by atomic mass is 19.1. The zero-order valence-corrected chi connectivity index (χ0v) is 9.36. The highest BCUT2D eigenvalue weighted by molar-refractivity contribution is 5.26. The first-order chi connectivity index (χ1) is 8.86. The summed E-state index contributed by atoms with van der Waals surface area (Å²) in [5.74, 6) is 0.615. The number of pyridine rings is 1. The van der Waals surface area contributed by atoms with Gasteiger partial charge in [-0.2, -0.15) is 5.10 Å². The van der Waals surface area contributed by atoms with Gasteiger partial charge in [0.05, 0.1) is 11.8 Å². The maximum absolute atomic E-state index is 12.4. The highest BCUT2D eigenvalue weighted by Crippen LogP contribution is 2.23. The predicted octanol–water partition coefficient (Wildman–Crippen LogP) is 2.25. The molecule has 0 saturated carbocycles. The van der Waals surface area contributed by atoms with Crippen molar-refractivity contribution in [3.63, 3.8) is 0 Å². The van der Waals surface area contributed by atoms with E-state index in [-0.39, 0.29) is 0 Å². The van der Waals surface area contributed by atoms with Gasteiger partial charge in [0.25, 0.3) is 6.29 Å². The molecule has 18 heavy (non-hydrogen) atoms. The first-order valence-corrected chi connectivity index (χ1v) is 5.38. The molecule has 3 rings (SSSR count). The summed E-state index contributed by atoms with van der Waals surface area (Å²) in [7, 11) is 0. The third kappa shape index (κ3) is 1.92. The van der Waals surface area contributed by atoms with Crippen LogP contribution in [-0.2, 0) is 16.1 Å². The summed E-state index contributed by atoms with van der Waals surface area (Å²) in [4.78, 5) is 4.23. The molecule has 0 saturated heterocycles. The molecule has 6 heteroatoms. The van der Waals surface area contributed by atoms with Gasteiger partial charge in [-0.1, -0.05) is 0 Å². The molecule has 0 unspecified atom stereocenters. The van der Waals surface area contributed by atoms with Crippen molar-refractivity contribution in [1.29, 1.82) is 0 Å². The first kappa shape index (κ1) is 10.8. The van der Waals surface area contributed by atoms with E-state index in [0.717, 1.165) is 5.56 Å². The van der Waals surface area contributed by atoms with Crippen molar-refractivity contribution in [2.24, 2.45) is 0 Å². The third-order valence-corrected chi connectivity index (χ3v) is 2.53. The van der Waals surface area contributed by atoms with Crippen LogP contribution in [0.2, 0.25) is 0 Å². The largest absolute Gasteiger partial charge is 0.455 e. The molecule has 3 heterocycles. The minimum absolute atomic E-state index is 0.439. The van der Waals surface area contributed by atoms with Gasteiger partial charge in [0.1, 0.15) is 19.2 Å². The highest BCUT2D eigenvalue weighted by Gasteiger charge is 2.15. The van der Waals surface area contributed by atoms with Crippen molar-refractivity contribution in [2.45, 2.75) is 13.0 Å². The minimum Gasteiger partial charge on any atom is -0.455 e. The van der Waals surface area contributed by atoms with Crippen molar-refractivity contribution >= 4 is 0 Å². The average Bonchev–Trinajstić information content (AvgIpc) is 3.10. The summed E-state index contributed by atoms with van der Waals surface area (Å²) >= 11 is 0. The van der Waals surface area contributed by atoms with E-state index >= 15 is 0 Å². The maximum Gasteiger partial charge on any atom is 0.267 e. The van der Waals surface area contributed by atoms with Gasteiger partial charge in [-0.05, 0) is 12.1 Å². The summed E-state index contributed by atoms with van der Waals surface area (Å²) in [6.07, 6.45) is 7.25. The number of ether oxygens (including phenoxy) is 2. The van der Waals surface area contributed by atoms with Gasteiger partial charge in [-0.25, -0.2) is 14.1 Å². The lowest BCUT2D eigenvalue weighted by molar-refractivity contribution is -0.0248. The maximum atomic E-state index is 12.4. The lowest BCUT2D eigenvalue weighted by atomic mass is 10.3. The van der Waals surface area contributed by atoms with Crippen LogP contribution in [-0.4, -0.2) is 14.8 Å². The van der Waals surface area contributed by atoms with E-state index in [2.05, 4.69) is 10.1 Å². The monoisotopic (exact) mass is 247 g/mol. The van der Waals surface area contributed by atoms with Crippen LogP contribution in [0.15, 0.2) is 43.2 Å². The normalized spacial score (nSPS) is 14.5. The Morgan fingerprint density at radius 3 is 2.67 bits per heavy atom. The molecule has 0 fully saturated rings. The molecule has 0 atom stereocenters. The van der Waals surface area contributed by atoms with Gasteiger partial charge in [-0.15, -0.1) is 0 Å². The molecular formula is C12H10FN3O2. The van der Waals surface area contributed by atoms with Crippen LogP contribution in [0.3, 0.4) is 0 Å². The standard InChI is InChI=1S/C12H10FN3O2/c13-5-9-6-15-16(8-9)11-2-1-10(7-14-11)12-17-3-4-18-12/h1-4,6-8,12H,5H2. The van der Waals surface area contributed by atoms with Gasteiger partial charge in [0.15, 0.2) is 5.82 Å².